The first-order valence-electron chi connectivity index (χ1n) is 8.89. The quantitative estimate of drug-likeness (QED) is 0.642. The zero-order valence-corrected chi connectivity index (χ0v) is 15.2. The Morgan fingerprint density at radius 3 is 2.42 bits per heavy atom. The summed E-state index contributed by atoms with van der Waals surface area (Å²) in [6.07, 6.45) is 1.60. The number of hydrogen-bond acceptors (Lipinski definition) is 5. The molecule has 5 heteroatoms. The van der Waals surface area contributed by atoms with E-state index in [0.717, 1.165) is 36.2 Å². The standard InChI is InChI=1S/C21H24N4O/c1-3-25(15-17-8-6-5-7-9-17)21-14-20(22-16-23-21)24-18-10-12-19(13-11-18)26-4-2/h5-14,16H,3-4,15H2,1-2H3,(H,22,23,24). The molecule has 0 unspecified atom stereocenters. The van der Waals surface area contributed by atoms with Crippen LogP contribution in [0.4, 0.5) is 17.3 Å². The molecule has 0 aliphatic heterocycles. The van der Waals surface area contributed by atoms with Crippen LogP contribution in [0, 0.1) is 0 Å². The summed E-state index contributed by atoms with van der Waals surface area (Å²) in [5.41, 5.74) is 2.22. The largest absolute Gasteiger partial charge is 0.494 e. The zero-order chi connectivity index (χ0) is 18.2. The van der Waals surface area contributed by atoms with Crippen LogP contribution in [0.2, 0.25) is 0 Å². The van der Waals surface area contributed by atoms with Gasteiger partial charge in [0.1, 0.15) is 23.7 Å². The summed E-state index contributed by atoms with van der Waals surface area (Å²) < 4.78 is 5.47. The van der Waals surface area contributed by atoms with E-state index in [4.69, 9.17) is 4.74 Å². The van der Waals surface area contributed by atoms with Crippen LogP contribution in [0.15, 0.2) is 67.0 Å². The summed E-state index contributed by atoms with van der Waals surface area (Å²) >= 11 is 0. The lowest BCUT2D eigenvalue weighted by atomic mass is 10.2. The van der Waals surface area contributed by atoms with E-state index in [1.54, 1.807) is 6.33 Å². The van der Waals surface area contributed by atoms with Crippen LogP contribution in [0.3, 0.4) is 0 Å². The summed E-state index contributed by atoms with van der Waals surface area (Å²) in [4.78, 5) is 11.0. The van der Waals surface area contributed by atoms with Crippen LogP contribution in [-0.2, 0) is 6.54 Å². The molecule has 0 radical (unpaired) electrons. The van der Waals surface area contributed by atoms with Gasteiger partial charge in [0.05, 0.1) is 6.61 Å². The summed E-state index contributed by atoms with van der Waals surface area (Å²) in [7, 11) is 0. The number of nitrogens with one attached hydrogen (secondary N) is 1. The van der Waals surface area contributed by atoms with E-state index < -0.39 is 0 Å². The van der Waals surface area contributed by atoms with Gasteiger partial charge in [0.25, 0.3) is 0 Å². The average Bonchev–Trinajstić information content (AvgIpc) is 2.69. The molecule has 0 spiro atoms. The fourth-order valence-electron chi connectivity index (χ4n) is 2.70. The third-order valence-electron chi connectivity index (χ3n) is 4.01. The van der Waals surface area contributed by atoms with E-state index >= 15 is 0 Å². The molecule has 0 saturated carbocycles. The van der Waals surface area contributed by atoms with Crippen molar-refractivity contribution >= 4 is 17.3 Å². The highest BCUT2D eigenvalue weighted by molar-refractivity contribution is 5.60. The Hall–Kier alpha value is -3.08. The summed E-state index contributed by atoms with van der Waals surface area (Å²) in [6.45, 7) is 6.45. The van der Waals surface area contributed by atoms with E-state index in [2.05, 4.69) is 51.4 Å². The first-order chi connectivity index (χ1) is 12.8. The predicted octanol–water partition coefficient (Wildman–Crippen LogP) is 4.65. The SMILES string of the molecule is CCOc1ccc(Nc2cc(N(CC)Cc3ccccc3)ncn2)cc1. The van der Waals surface area contributed by atoms with Gasteiger partial charge in [0, 0.05) is 24.8 Å². The Balaban J connectivity index is 1.72. The smallest absolute Gasteiger partial charge is 0.135 e. The Morgan fingerprint density at radius 1 is 0.962 bits per heavy atom. The van der Waals surface area contributed by atoms with Gasteiger partial charge in [-0.1, -0.05) is 30.3 Å². The van der Waals surface area contributed by atoms with Crippen LogP contribution < -0.4 is 15.0 Å². The van der Waals surface area contributed by atoms with Gasteiger partial charge in [-0.2, -0.15) is 0 Å². The van der Waals surface area contributed by atoms with Crippen molar-refractivity contribution in [3.63, 3.8) is 0 Å². The lowest BCUT2D eigenvalue weighted by molar-refractivity contribution is 0.340. The van der Waals surface area contributed by atoms with Gasteiger partial charge in [-0.3, -0.25) is 0 Å². The van der Waals surface area contributed by atoms with Gasteiger partial charge in [-0.25, -0.2) is 9.97 Å². The van der Waals surface area contributed by atoms with Gasteiger partial charge in [0.2, 0.25) is 0 Å². The molecule has 1 aromatic heterocycles. The van der Waals surface area contributed by atoms with Gasteiger partial charge in [0.15, 0.2) is 0 Å². The summed E-state index contributed by atoms with van der Waals surface area (Å²) in [5, 5.41) is 3.32. The predicted molar refractivity (Wildman–Crippen MR) is 106 cm³/mol. The van der Waals surface area contributed by atoms with E-state index in [1.807, 2.05) is 43.3 Å². The Morgan fingerprint density at radius 2 is 1.73 bits per heavy atom. The van der Waals surface area contributed by atoms with Crippen LogP contribution in [-0.4, -0.2) is 23.1 Å². The molecule has 1 heterocycles. The second-order valence-electron chi connectivity index (χ2n) is 5.84. The molecule has 0 bridgehead atoms. The van der Waals surface area contributed by atoms with Crippen molar-refractivity contribution in [3.05, 3.63) is 72.6 Å². The number of aromatic nitrogens is 2. The molecule has 0 saturated heterocycles. The molecule has 26 heavy (non-hydrogen) atoms. The van der Waals surface area contributed by atoms with Gasteiger partial charge >= 0.3 is 0 Å². The van der Waals surface area contributed by atoms with Gasteiger partial charge in [-0.05, 0) is 43.7 Å². The molecule has 0 aliphatic rings. The minimum absolute atomic E-state index is 0.663. The topological polar surface area (TPSA) is 50.3 Å². The van der Waals surface area contributed by atoms with Crippen molar-refractivity contribution in [2.75, 3.05) is 23.4 Å². The Kier molecular flexibility index (Phi) is 6.04. The Bertz CT molecular complexity index is 806. The molecular formula is C21H24N4O. The molecular weight excluding hydrogens is 324 g/mol. The van der Waals surface area contributed by atoms with Crippen molar-refractivity contribution < 1.29 is 4.74 Å². The molecule has 3 rings (SSSR count). The van der Waals surface area contributed by atoms with Crippen LogP contribution in [0.1, 0.15) is 19.4 Å². The number of ether oxygens (including phenoxy) is 1. The minimum atomic E-state index is 0.663. The molecule has 134 valence electrons. The first kappa shape index (κ1) is 17.7. The fraction of sp³-hybridized carbons (Fsp3) is 0.238. The van der Waals surface area contributed by atoms with E-state index in [9.17, 15) is 0 Å². The number of rotatable bonds is 8. The number of hydrogen-bond donors (Lipinski definition) is 1. The fourth-order valence-corrected chi connectivity index (χ4v) is 2.70. The molecule has 0 aliphatic carbocycles. The summed E-state index contributed by atoms with van der Waals surface area (Å²) in [6, 6.07) is 20.2. The van der Waals surface area contributed by atoms with Gasteiger partial charge in [-0.15, -0.1) is 0 Å². The van der Waals surface area contributed by atoms with Crippen molar-refractivity contribution in [1.82, 2.24) is 9.97 Å². The second kappa shape index (κ2) is 8.85. The average molecular weight is 348 g/mol. The third kappa shape index (κ3) is 4.72. The minimum Gasteiger partial charge on any atom is -0.494 e. The highest BCUT2D eigenvalue weighted by atomic mass is 16.5. The zero-order valence-electron chi connectivity index (χ0n) is 15.2. The second-order valence-corrected chi connectivity index (χ2v) is 5.84. The summed E-state index contributed by atoms with van der Waals surface area (Å²) in [5.74, 6) is 2.53. The monoisotopic (exact) mass is 348 g/mol. The van der Waals surface area contributed by atoms with E-state index in [0.29, 0.717) is 6.61 Å². The Labute approximate surface area is 154 Å². The lowest BCUT2D eigenvalue weighted by Gasteiger charge is -2.22. The molecule has 1 N–H and O–H groups in total. The van der Waals surface area contributed by atoms with Crippen LogP contribution in [0.25, 0.3) is 0 Å². The van der Waals surface area contributed by atoms with Crippen LogP contribution in [0.5, 0.6) is 5.75 Å². The maximum Gasteiger partial charge on any atom is 0.135 e. The molecule has 2 aromatic carbocycles. The molecule has 3 aromatic rings. The van der Waals surface area contributed by atoms with Crippen molar-refractivity contribution in [1.29, 1.82) is 0 Å². The van der Waals surface area contributed by atoms with Crippen molar-refractivity contribution in [2.45, 2.75) is 20.4 Å². The maximum absolute atomic E-state index is 5.47. The van der Waals surface area contributed by atoms with Crippen molar-refractivity contribution in [2.24, 2.45) is 0 Å². The highest BCUT2D eigenvalue weighted by Crippen LogP contribution is 2.22. The normalized spacial score (nSPS) is 10.4. The molecule has 0 fully saturated rings. The van der Waals surface area contributed by atoms with Crippen molar-refractivity contribution in [3.8, 4) is 5.75 Å². The number of nitrogens with zero attached hydrogens (tertiary/aromatic N) is 3. The molecule has 0 atom stereocenters. The van der Waals surface area contributed by atoms with E-state index in [1.165, 1.54) is 5.56 Å². The number of anilines is 3. The lowest BCUT2D eigenvalue weighted by Crippen LogP contribution is -2.23. The first-order valence-corrected chi connectivity index (χ1v) is 8.89. The van der Waals surface area contributed by atoms with E-state index in [-0.39, 0.29) is 0 Å². The highest BCUT2D eigenvalue weighted by Gasteiger charge is 2.08. The maximum atomic E-state index is 5.47. The molecule has 0 amide bonds. The number of benzene rings is 2. The van der Waals surface area contributed by atoms with Gasteiger partial charge < -0.3 is 15.0 Å². The molecule has 5 nitrogen and oxygen atoms in total. The van der Waals surface area contributed by atoms with Crippen LogP contribution >= 0.6 is 0 Å². The third-order valence-corrected chi connectivity index (χ3v) is 4.01.